The van der Waals surface area contributed by atoms with Crippen LogP contribution in [-0.2, 0) is 0 Å². The van der Waals surface area contributed by atoms with Gasteiger partial charge in [0, 0.05) is 11.4 Å². The van der Waals surface area contributed by atoms with Crippen LogP contribution in [0.1, 0.15) is 33.6 Å². The number of aliphatic imine (C=N–C) groups is 1. The summed E-state index contributed by atoms with van der Waals surface area (Å²) >= 11 is 0. The fourth-order valence-corrected chi connectivity index (χ4v) is 4.05. The molecule has 136 valence electrons. The Labute approximate surface area is 157 Å². The van der Waals surface area contributed by atoms with Crippen molar-refractivity contribution in [3.63, 3.8) is 0 Å². The third-order valence-electron chi connectivity index (χ3n) is 4.97. The number of nitrogens with zero attached hydrogens (tertiary/aromatic N) is 3. The van der Waals surface area contributed by atoms with E-state index in [9.17, 15) is 0 Å². The van der Waals surface area contributed by atoms with Gasteiger partial charge >= 0.3 is 0 Å². The van der Waals surface area contributed by atoms with Crippen molar-refractivity contribution < 1.29 is 0 Å². The van der Waals surface area contributed by atoms with E-state index in [1.807, 2.05) is 25.1 Å². The fraction of sp³-hybridized carbons (Fsp3) is 0.333. The zero-order chi connectivity index (χ0) is 18.4. The number of benzene rings is 2. The molecule has 0 amide bonds. The van der Waals surface area contributed by atoms with Crippen LogP contribution in [0.2, 0.25) is 12.6 Å². The number of anilines is 2. The first kappa shape index (κ1) is 18.2. The monoisotopic (exact) mass is 347 g/mol. The number of hydrogen-bond acceptors (Lipinski definition) is 4. The molecule has 0 atom stereocenters. The molecule has 2 aromatic carbocycles. The zero-order valence-corrected chi connectivity index (χ0v) is 16.0. The first-order valence-electron chi connectivity index (χ1n) is 9.69. The van der Waals surface area contributed by atoms with Gasteiger partial charge in [-0.1, -0.05) is 63.1 Å². The van der Waals surface area contributed by atoms with Crippen molar-refractivity contribution in [3.05, 3.63) is 60.7 Å². The Morgan fingerprint density at radius 3 is 2.04 bits per heavy atom. The predicted molar refractivity (Wildman–Crippen MR) is 115 cm³/mol. The van der Waals surface area contributed by atoms with Gasteiger partial charge in [0.05, 0.1) is 5.84 Å². The highest BCUT2D eigenvalue weighted by Crippen LogP contribution is 2.34. The molecule has 0 radical (unpaired) electrons. The van der Waals surface area contributed by atoms with E-state index in [-0.39, 0.29) is 0 Å². The third kappa shape index (κ3) is 3.82. The minimum absolute atomic E-state index is 0.859. The summed E-state index contributed by atoms with van der Waals surface area (Å²) in [5.41, 5.74) is 2.19. The molecule has 1 N–H and O–H groups in total. The van der Waals surface area contributed by atoms with Gasteiger partial charge in [-0.25, -0.2) is 4.99 Å². The van der Waals surface area contributed by atoms with Gasteiger partial charge in [-0.15, -0.1) is 12.6 Å². The molecular weight excluding hydrogens is 319 g/mol. The van der Waals surface area contributed by atoms with Crippen LogP contribution in [-0.4, -0.2) is 18.2 Å². The van der Waals surface area contributed by atoms with Crippen LogP contribution in [0.4, 0.5) is 11.4 Å². The fourth-order valence-electron chi connectivity index (χ4n) is 4.05. The molecule has 0 unspecified atom stereocenters. The van der Waals surface area contributed by atoms with Gasteiger partial charge in [0.25, 0.3) is 0 Å². The normalized spacial score (nSPS) is 16.0. The molecule has 1 aliphatic heterocycles. The third-order valence-corrected chi connectivity index (χ3v) is 4.97. The minimum atomic E-state index is -1.11. The summed E-state index contributed by atoms with van der Waals surface area (Å²) in [6.07, 6.45) is 3.18. The first-order chi connectivity index (χ1) is 12.7. The van der Waals surface area contributed by atoms with Crippen molar-refractivity contribution in [2.45, 2.75) is 46.3 Å². The van der Waals surface area contributed by atoms with Crippen molar-refractivity contribution in [2.75, 3.05) is 10.1 Å². The lowest BCUT2D eigenvalue weighted by Crippen LogP contribution is -2.60. The number of rotatable bonds is 6. The van der Waals surface area contributed by atoms with E-state index in [2.05, 4.69) is 66.4 Å². The van der Waals surface area contributed by atoms with Gasteiger partial charge in [-0.2, -0.15) is 0 Å². The second-order valence-corrected chi connectivity index (χ2v) is 7.02. The van der Waals surface area contributed by atoms with Crippen LogP contribution in [0.15, 0.2) is 70.6 Å². The Hall–Kier alpha value is -2.56. The summed E-state index contributed by atoms with van der Waals surface area (Å²) in [5.74, 6) is 1.73. The quantitative estimate of drug-likeness (QED) is 0.686. The molecule has 2 aromatic rings. The van der Waals surface area contributed by atoms with Crippen molar-refractivity contribution >= 4 is 29.6 Å². The van der Waals surface area contributed by atoms with E-state index >= 15 is 0 Å². The van der Waals surface area contributed by atoms with Crippen molar-refractivity contribution in [1.29, 1.82) is 0 Å². The number of nitrogens with one attached hydrogen (secondary N) is 1. The number of para-hydroxylation sites is 2. The minimum Gasteiger partial charge on any atom is -0.467 e. The van der Waals surface area contributed by atoms with E-state index in [0.717, 1.165) is 48.7 Å². The Morgan fingerprint density at radius 1 is 0.885 bits per heavy atom. The van der Waals surface area contributed by atoms with Crippen molar-refractivity contribution in [1.82, 2.24) is 0 Å². The molecule has 5 heteroatoms. The molecule has 1 aliphatic rings. The molecule has 0 saturated heterocycles. The predicted octanol–water partition coefficient (Wildman–Crippen LogP) is 5.66. The lowest BCUT2D eigenvalue weighted by atomic mass is 9.39. The lowest BCUT2D eigenvalue weighted by Gasteiger charge is -2.52. The van der Waals surface area contributed by atoms with Gasteiger partial charge in [0.15, 0.2) is 5.96 Å². The van der Waals surface area contributed by atoms with Crippen LogP contribution in [0.5, 0.6) is 0 Å². The highest BCUT2D eigenvalue weighted by Gasteiger charge is 2.35. The van der Waals surface area contributed by atoms with E-state index in [0.29, 0.717) is 0 Å². The molecule has 1 heterocycles. The summed E-state index contributed by atoms with van der Waals surface area (Å²) < 4.78 is 0. The van der Waals surface area contributed by atoms with Crippen LogP contribution in [0.3, 0.4) is 0 Å². The highest BCUT2D eigenvalue weighted by molar-refractivity contribution is 6.86. The standard InChI is InChI=1S/C21H28BN4/c1-4-16-22(17-5-2)25-18(3)23-21(24-19-12-8-6-9-13-19)26(22)20-14-10-7-11-15-20/h6-15H,4-5,16-17H2,1-3H3,(H,23,24,25)/q-1. The van der Waals surface area contributed by atoms with Crippen molar-refractivity contribution in [2.24, 2.45) is 9.90 Å². The molecule has 0 spiro atoms. The SMILES string of the molecule is CCC[B-]1(CCC)N=C(C)N=C(Nc2ccccc2)N1c1ccccc1. The molecule has 26 heavy (non-hydrogen) atoms. The summed E-state index contributed by atoms with van der Waals surface area (Å²) in [5, 5.41) is 3.54. The second kappa shape index (κ2) is 8.22. The molecule has 0 aromatic heterocycles. The molecule has 4 nitrogen and oxygen atoms in total. The Balaban J connectivity index is 2.09. The topological polar surface area (TPSA) is 40.0 Å². The Bertz CT molecular complexity index is 765. The van der Waals surface area contributed by atoms with Gasteiger partial charge in [0.1, 0.15) is 0 Å². The van der Waals surface area contributed by atoms with Gasteiger partial charge in [0.2, 0.25) is 6.42 Å². The molecule has 3 rings (SSSR count). The van der Waals surface area contributed by atoms with Gasteiger partial charge in [-0.3, -0.25) is 0 Å². The molecular formula is C21H28BN4-. The molecule has 0 fully saturated rings. The summed E-state index contributed by atoms with van der Waals surface area (Å²) in [6, 6.07) is 20.8. The largest absolute Gasteiger partial charge is 0.467 e. The highest BCUT2D eigenvalue weighted by atomic mass is 15.3. The van der Waals surface area contributed by atoms with E-state index in [4.69, 9.17) is 9.90 Å². The number of hydrogen-bond donors (Lipinski definition) is 1. The van der Waals surface area contributed by atoms with E-state index in [1.54, 1.807) is 0 Å². The summed E-state index contributed by atoms with van der Waals surface area (Å²) in [6.45, 7) is 6.49. The second-order valence-electron chi connectivity index (χ2n) is 7.02. The molecule has 0 aliphatic carbocycles. The van der Waals surface area contributed by atoms with Crippen LogP contribution in [0.25, 0.3) is 0 Å². The van der Waals surface area contributed by atoms with Crippen LogP contribution < -0.4 is 10.1 Å². The smallest absolute Gasteiger partial charge is 0.206 e. The van der Waals surface area contributed by atoms with Gasteiger partial charge < -0.3 is 15.0 Å². The average Bonchev–Trinajstić information content (AvgIpc) is 2.63. The Kier molecular flexibility index (Phi) is 5.76. The maximum Gasteiger partial charge on any atom is 0.206 e. The maximum atomic E-state index is 5.12. The number of guanidine groups is 1. The first-order valence-corrected chi connectivity index (χ1v) is 9.69. The lowest BCUT2D eigenvalue weighted by molar-refractivity contribution is 0.950. The van der Waals surface area contributed by atoms with Crippen LogP contribution >= 0.6 is 0 Å². The van der Waals surface area contributed by atoms with E-state index < -0.39 is 6.42 Å². The Morgan fingerprint density at radius 2 is 1.46 bits per heavy atom. The average molecular weight is 347 g/mol. The summed E-state index contributed by atoms with van der Waals surface area (Å²) in [4.78, 5) is 12.3. The maximum absolute atomic E-state index is 5.12. The number of amidine groups is 1. The molecule has 0 saturated carbocycles. The van der Waals surface area contributed by atoms with Crippen molar-refractivity contribution in [3.8, 4) is 0 Å². The molecule has 0 bridgehead atoms. The zero-order valence-electron chi connectivity index (χ0n) is 16.0. The van der Waals surface area contributed by atoms with Gasteiger partial charge in [-0.05, 0) is 31.2 Å². The van der Waals surface area contributed by atoms with E-state index in [1.165, 1.54) is 0 Å². The summed E-state index contributed by atoms with van der Waals surface area (Å²) in [7, 11) is 0. The van der Waals surface area contributed by atoms with Crippen LogP contribution in [0, 0.1) is 0 Å².